The molecule has 2 fully saturated rings. The summed E-state index contributed by atoms with van der Waals surface area (Å²) < 4.78 is 0. The molecule has 2 aliphatic rings. The molecule has 0 aromatic carbocycles. The lowest BCUT2D eigenvalue weighted by atomic mass is 9.75. The number of hydrogen-bond acceptors (Lipinski definition) is 1. The standard InChI is InChI=1S/C8H15N.ClH/c1-7-5-8(9-6-7)3-2-4-8;/h7,9H,2-6H2,1H3;1H. The van der Waals surface area contributed by atoms with Crippen molar-refractivity contribution < 1.29 is 0 Å². The summed E-state index contributed by atoms with van der Waals surface area (Å²) in [5, 5.41) is 3.62. The highest BCUT2D eigenvalue weighted by Gasteiger charge is 2.41. The van der Waals surface area contributed by atoms with Gasteiger partial charge in [-0.25, -0.2) is 0 Å². The maximum Gasteiger partial charge on any atom is 0.0184 e. The van der Waals surface area contributed by atoms with Crippen LogP contribution in [0.5, 0.6) is 0 Å². The molecule has 1 saturated heterocycles. The van der Waals surface area contributed by atoms with Crippen LogP contribution in [0.15, 0.2) is 0 Å². The van der Waals surface area contributed by atoms with E-state index in [0.29, 0.717) is 5.54 Å². The van der Waals surface area contributed by atoms with Crippen LogP contribution in [0.3, 0.4) is 0 Å². The Labute approximate surface area is 69.0 Å². The Balaban J connectivity index is 0.000000500. The summed E-state index contributed by atoms with van der Waals surface area (Å²) in [5.74, 6) is 0.935. The van der Waals surface area contributed by atoms with Gasteiger partial charge in [0, 0.05) is 5.54 Å². The Kier molecular flexibility index (Phi) is 2.26. The van der Waals surface area contributed by atoms with Gasteiger partial charge in [0.05, 0.1) is 0 Å². The molecule has 1 aliphatic heterocycles. The minimum Gasteiger partial charge on any atom is -0.311 e. The van der Waals surface area contributed by atoms with Crippen LogP contribution in [-0.4, -0.2) is 12.1 Å². The van der Waals surface area contributed by atoms with Crippen LogP contribution in [-0.2, 0) is 0 Å². The van der Waals surface area contributed by atoms with E-state index in [2.05, 4.69) is 12.2 Å². The Morgan fingerprint density at radius 2 is 2.10 bits per heavy atom. The Morgan fingerprint density at radius 1 is 1.40 bits per heavy atom. The van der Waals surface area contributed by atoms with E-state index in [1.807, 2.05) is 0 Å². The van der Waals surface area contributed by atoms with Crippen LogP contribution in [0.25, 0.3) is 0 Å². The first kappa shape index (κ1) is 8.35. The van der Waals surface area contributed by atoms with Gasteiger partial charge in [0.1, 0.15) is 0 Å². The Morgan fingerprint density at radius 3 is 2.30 bits per heavy atom. The van der Waals surface area contributed by atoms with Gasteiger partial charge in [-0.1, -0.05) is 6.92 Å². The van der Waals surface area contributed by atoms with E-state index in [-0.39, 0.29) is 12.4 Å². The second-order valence-corrected chi connectivity index (χ2v) is 3.82. The van der Waals surface area contributed by atoms with Gasteiger partial charge in [-0.15, -0.1) is 12.4 Å². The molecule has 1 unspecified atom stereocenters. The zero-order chi connectivity index (χ0) is 6.32. The quantitative estimate of drug-likeness (QED) is 0.573. The molecular formula is C8H16ClN. The van der Waals surface area contributed by atoms with Crippen LogP contribution in [0.2, 0.25) is 0 Å². The molecule has 1 heterocycles. The molecule has 2 rings (SSSR count). The fourth-order valence-electron chi connectivity index (χ4n) is 2.19. The monoisotopic (exact) mass is 161 g/mol. The summed E-state index contributed by atoms with van der Waals surface area (Å²) >= 11 is 0. The molecule has 0 radical (unpaired) electrons. The molecule has 2 heteroatoms. The number of rotatable bonds is 0. The van der Waals surface area contributed by atoms with E-state index in [9.17, 15) is 0 Å². The first-order chi connectivity index (χ1) is 4.31. The first-order valence-electron chi connectivity index (χ1n) is 4.06. The van der Waals surface area contributed by atoms with Crippen molar-refractivity contribution in [1.82, 2.24) is 5.32 Å². The van der Waals surface area contributed by atoms with E-state index in [1.165, 1.54) is 32.2 Å². The van der Waals surface area contributed by atoms with Crippen molar-refractivity contribution in [2.24, 2.45) is 5.92 Å². The summed E-state index contributed by atoms with van der Waals surface area (Å²) in [7, 11) is 0. The van der Waals surface area contributed by atoms with E-state index < -0.39 is 0 Å². The topological polar surface area (TPSA) is 12.0 Å². The summed E-state index contributed by atoms with van der Waals surface area (Å²) in [5.41, 5.74) is 0.638. The van der Waals surface area contributed by atoms with Crippen LogP contribution in [0.4, 0.5) is 0 Å². The van der Waals surface area contributed by atoms with Crippen LogP contribution in [0.1, 0.15) is 32.6 Å². The molecule has 10 heavy (non-hydrogen) atoms. The summed E-state index contributed by atoms with van der Waals surface area (Å²) in [4.78, 5) is 0. The minimum absolute atomic E-state index is 0. The fraction of sp³-hybridized carbons (Fsp3) is 1.00. The predicted octanol–water partition coefficient (Wildman–Crippen LogP) is 1.96. The van der Waals surface area contributed by atoms with Crippen LogP contribution < -0.4 is 5.32 Å². The molecule has 0 aromatic rings. The molecule has 1 saturated carbocycles. The number of halogens is 1. The fourth-order valence-corrected chi connectivity index (χ4v) is 2.19. The maximum absolute atomic E-state index is 3.62. The average molecular weight is 162 g/mol. The highest BCUT2D eigenvalue weighted by atomic mass is 35.5. The molecule has 0 amide bonds. The van der Waals surface area contributed by atoms with Gasteiger partial charge < -0.3 is 5.32 Å². The van der Waals surface area contributed by atoms with E-state index in [1.54, 1.807) is 0 Å². The highest BCUT2D eigenvalue weighted by molar-refractivity contribution is 5.85. The predicted molar refractivity (Wildman–Crippen MR) is 45.6 cm³/mol. The van der Waals surface area contributed by atoms with E-state index in [4.69, 9.17) is 0 Å². The molecule has 0 aromatic heterocycles. The van der Waals surface area contributed by atoms with Gasteiger partial charge in [0.15, 0.2) is 0 Å². The lowest BCUT2D eigenvalue weighted by Gasteiger charge is -2.38. The zero-order valence-corrected chi connectivity index (χ0v) is 7.34. The number of nitrogens with one attached hydrogen (secondary N) is 1. The zero-order valence-electron chi connectivity index (χ0n) is 6.52. The van der Waals surface area contributed by atoms with E-state index in [0.717, 1.165) is 5.92 Å². The van der Waals surface area contributed by atoms with Crippen LogP contribution in [0, 0.1) is 5.92 Å². The van der Waals surface area contributed by atoms with Gasteiger partial charge in [0.2, 0.25) is 0 Å². The largest absolute Gasteiger partial charge is 0.311 e. The van der Waals surface area contributed by atoms with Crippen molar-refractivity contribution in [1.29, 1.82) is 0 Å². The third-order valence-electron chi connectivity index (χ3n) is 2.88. The Bertz CT molecular complexity index is 120. The molecule has 1 atom stereocenters. The third-order valence-corrected chi connectivity index (χ3v) is 2.88. The van der Waals surface area contributed by atoms with Crippen molar-refractivity contribution in [3.63, 3.8) is 0 Å². The molecule has 1 aliphatic carbocycles. The highest BCUT2D eigenvalue weighted by Crippen LogP contribution is 2.40. The van der Waals surface area contributed by atoms with E-state index >= 15 is 0 Å². The average Bonchev–Trinajstić information content (AvgIpc) is 2.09. The molecule has 60 valence electrons. The molecule has 1 spiro atoms. The van der Waals surface area contributed by atoms with Crippen molar-refractivity contribution in [3.05, 3.63) is 0 Å². The lowest BCUT2D eigenvalue weighted by molar-refractivity contribution is 0.211. The SMILES string of the molecule is CC1CNC2(CCC2)C1.Cl. The van der Waals surface area contributed by atoms with Crippen molar-refractivity contribution >= 4 is 12.4 Å². The van der Waals surface area contributed by atoms with Gasteiger partial charge in [-0.2, -0.15) is 0 Å². The molecule has 1 N–H and O–H groups in total. The summed E-state index contributed by atoms with van der Waals surface area (Å²) in [6, 6.07) is 0. The van der Waals surface area contributed by atoms with Crippen molar-refractivity contribution in [3.8, 4) is 0 Å². The van der Waals surface area contributed by atoms with Gasteiger partial charge >= 0.3 is 0 Å². The van der Waals surface area contributed by atoms with Gasteiger partial charge in [0.25, 0.3) is 0 Å². The molecular weight excluding hydrogens is 146 g/mol. The second kappa shape index (κ2) is 2.71. The smallest absolute Gasteiger partial charge is 0.0184 e. The molecule has 1 nitrogen and oxygen atoms in total. The van der Waals surface area contributed by atoms with Crippen molar-refractivity contribution in [2.45, 2.75) is 38.1 Å². The lowest BCUT2D eigenvalue weighted by Crippen LogP contribution is -2.45. The van der Waals surface area contributed by atoms with Gasteiger partial charge in [-0.05, 0) is 38.1 Å². The van der Waals surface area contributed by atoms with Gasteiger partial charge in [-0.3, -0.25) is 0 Å². The summed E-state index contributed by atoms with van der Waals surface area (Å²) in [6.07, 6.45) is 5.78. The normalized spacial score (nSPS) is 35.1. The van der Waals surface area contributed by atoms with Crippen LogP contribution >= 0.6 is 12.4 Å². The maximum atomic E-state index is 3.62. The summed E-state index contributed by atoms with van der Waals surface area (Å²) in [6.45, 7) is 3.61. The minimum atomic E-state index is 0. The first-order valence-corrected chi connectivity index (χ1v) is 4.06. The number of hydrogen-bond donors (Lipinski definition) is 1. The van der Waals surface area contributed by atoms with Crippen molar-refractivity contribution in [2.75, 3.05) is 6.54 Å². The molecule has 0 bridgehead atoms. The Hall–Kier alpha value is 0.250. The third kappa shape index (κ3) is 1.17. The second-order valence-electron chi connectivity index (χ2n) is 3.82.